The fourth-order valence-corrected chi connectivity index (χ4v) is 2.29. The van der Waals surface area contributed by atoms with Gasteiger partial charge >= 0.3 is 5.97 Å². The van der Waals surface area contributed by atoms with E-state index in [2.05, 4.69) is 0 Å². The van der Waals surface area contributed by atoms with Crippen molar-refractivity contribution in [2.45, 2.75) is 11.3 Å². The first-order valence-corrected chi connectivity index (χ1v) is 6.40. The van der Waals surface area contributed by atoms with Gasteiger partial charge in [0, 0.05) is 12.6 Å². The summed E-state index contributed by atoms with van der Waals surface area (Å²) in [4.78, 5) is 9.70. The summed E-state index contributed by atoms with van der Waals surface area (Å²) in [5.41, 5.74) is 0. The van der Waals surface area contributed by atoms with E-state index >= 15 is 0 Å². The van der Waals surface area contributed by atoms with E-state index in [0.717, 1.165) is 12.1 Å². The zero-order valence-corrected chi connectivity index (χ0v) is 10.3. The number of hydrogen-bond acceptors (Lipinski definition) is 4. The first-order chi connectivity index (χ1) is 8.36. The highest BCUT2D eigenvalue weighted by Gasteiger charge is 2.19. The molecule has 6 nitrogen and oxygen atoms in total. The van der Waals surface area contributed by atoms with E-state index in [1.54, 1.807) is 0 Å². The predicted octanol–water partition coefficient (Wildman–Crippen LogP) is 0.587. The van der Waals surface area contributed by atoms with Crippen LogP contribution in [0.5, 0.6) is 5.75 Å². The molecule has 0 aliphatic heterocycles. The van der Waals surface area contributed by atoms with Crippen LogP contribution in [0.2, 0.25) is 0 Å². The van der Waals surface area contributed by atoms with Gasteiger partial charge in [0.05, 0.1) is 13.5 Å². The van der Waals surface area contributed by atoms with E-state index in [1.807, 2.05) is 4.72 Å². The molecule has 0 saturated carbocycles. The zero-order valence-electron chi connectivity index (χ0n) is 9.51. The van der Waals surface area contributed by atoms with Gasteiger partial charge in [-0.15, -0.1) is 0 Å². The number of nitrogens with one attached hydrogen (secondary N) is 1. The number of aliphatic carboxylic acids is 1. The maximum atomic E-state index is 13.5. The Hall–Kier alpha value is -1.67. The third-order valence-corrected chi connectivity index (χ3v) is 3.55. The molecule has 0 aromatic heterocycles. The van der Waals surface area contributed by atoms with Crippen LogP contribution in [0, 0.1) is 5.82 Å². The number of carboxylic acids is 1. The second-order valence-electron chi connectivity index (χ2n) is 3.34. The molecule has 0 amide bonds. The van der Waals surface area contributed by atoms with Crippen LogP contribution in [0.3, 0.4) is 0 Å². The van der Waals surface area contributed by atoms with Crippen LogP contribution >= 0.6 is 0 Å². The average Bonchev–Trinajstić information content (AvgIpc) is 2.27. The van der Waals surface area contributed by atoms with Gasteiger partial charge in [-0.2, -0.15) is 0 Å². The molecule has 1 aromatic rings. The van der Waals surface area contributed by atoms with Crippen LogP contribution in [0.25, 0.3) is 0 Å². The summed E-state index contributed by atoms with van der Waals surface area (Å²) < 4.78 is 43.5. The van der Waals surface area contributed by atoms with Crippen molar-refractivity contribution in [1.29, 1.82) is 0 Å². The predicted molar refractivity (Wildman–Crippen MR) is 60.4 cm³/mol. The van der Waals surface area contributed by atoms with Gasteiger partial charge < -0.3 is 9.84 Å². The van der Waals surface area contributed by atoms with Gasteiger partial charge in [0.2, 0.25) is 10.0 Å². The number of ether oxygens (including phenoxy) is 1. The highest BCUT2D eigenvalue weighted by molar-refractivity contribution is 7.89. The third-order valence-electron chi connectivity index (χ3n) is 2.06. The second kappa shape index (κ2) is 5.78. The van der Waals surface area contributed by atoms with Crippen molar-refractivity contribution in [2.24, 2.45) is 0 Å². The molecule has 0 aliphatic carbocycles. The molecule has 2 N–H and O–H groups in total. The van der Waals surface area contributed by atoms with Crippen LogP contribution in [0.15, 0.2) is 23.1 Å². The summed E-state index contributed by atoms with van der Waals surface area (Å²) in [5.74, 6) is -1.91. The molecule has 1 rings (SSSR count). The van der Waals surface area contributed by atoms with Gasteiger partial charge in [-0.3, -0.25) is 4.79 Å². The first kappa shape index (κ1) is 14.4. The molecule has 0 radical (unpaired) electrons. The first-order valence-electron chi connectivity index (χ1n) is 4.92. The summed E-state index contributed by atoms with van der Waals surface area (Å²) in [7, 11) is -2.73. The van der Waals surface area contributed by atoms with Crippen molar-refractivity contribution in [3.8, 4) is 5.75 Å². The maximum Gasteiger partial charge on any atom is 0.304 e. The van der Waals surface area contributed by atoms with Crippen molar-refractivity contribution in [3.63, 3.8) is 0 Å². The molecule has 0 atom stereocenters. The Morgan fingerprint density at radius 2 is 2.17 bits per heavy atom. The van der Waals surface area contributed by atoms with Gasteiger partial charge in [-0.05, 0) is 12.1 Å². The topological polar surface area (TPSA) is 92.7 Å². The standard InChI is InChI=1S/C10H12FNO5S/c1-17-7-2-3-9(8(11)6-7)18(15,16)12-5-4-10(13)14/h2-3,6,12H,4-5H2,1H3,(H,13,14). The summed E-state index contributed by atoms with van der Waals surface area (Å²) in [6.07, 6.45) is -0.378. The maximum absolute atomic E-state index is 13.5. The summed E-state index contributed by atoms with van der Waals surface area (Å²) in [6.45, 7) is -0.302. The van der Waals surface area contributed by atoms with E-state index in [4.69, 9.17) is 9.84 Å². The number of sulfonamides is 1. The number of rotatable bonds is 6. The van der Waals surface area contributed by atoms with E-state index in [9.17, 15) is 17.6 Å². The minimum absolute atomic E-state index is 0.192. The number of carbonyl (C=O) groups is 1. The van der Waals surface area contributed by atoms with Crippen molar-refractivity contribution in [3.05, 3.63) is 24.0 Å². The minimum Gasteiger partial charge on any atom is -0.497 e. The summed E-state index contributed by atoms with van der Waals surface area (Å²) in [6, 6.07) is 3.29. The van der Waals surface area contributed by atoms with Crippen LogP contribution < -0.4 is 9.46 Å². The lowest BCUT2D eigenvalue weighted by Crippen LogP contribution is -2.27. The van der Waals surface area contributed by atoms with Crippen LogP contribution in [-0.2, 0) is 14.8 Å². The van der Waals surface area contributed by atoms with Gasteiger partial charge in [0.1, 0.15) is 16.5 Å². The number of carboxylic acid groups (broad SMARTS) is 1. The SMILES string of the molecule is COc1ccc(S(=O)(=O)NCCC(=O)O)c(F)c1. The van der Waals surface area contributed by atoms with Gasteiger partial charge in [-0.1, -0.05) is 0 Å². The smallest absolute Gasteiger partial charge is 0.304 e. The van der Waals surface area contributed by atoms with Crippen LogP contribution in [0.4, 0.5) is 4.39 Å². The van der Waals surface area contributed by atoms with E-state index in [1.165, 1.54) is 13.2 Å². The largest absolute Gasteiger partial charge is 0.497 e. The van der Waals surface area contributed by atoms with Crippen LogP contribution in [-0.4, -0.2) is 33.1 Å². The van der Waals surface area contributed by atoms with Crippen molar-refractivity contribution < 1.29 is 27.4 Å². The molecule has 0 unspecified atom stereocenters. The van der Waals surface area contributed by atoms with Gasteiger partial charge in [0.25, 0.3) is 0 Å². The molecule has 0 bridgehead atoms. The van der Waals surface area contributed by atoms with E-state index in [0.29, 0.717) is 0 Å². The summed E-state index contributed by atoms with van der Waals surface area (Å²) in [5, 5.41) is 8.38. The monoisotopic (exact) mass is 277 g/mol. The Kier molecular flexibility index (Phi) is 4.62. The fraction of sp³-hybridized carbons (Fsp3) is 0.300. The lowest BCUT2D eigenvalue weighted by molar-refractivity contribution is -0.136. The number of halogens is 1. The molecule has 0 saturated heterocycles. The Bertz CT molecular complexity index is 543. The Balaban J connectivity index is 2.88. The molecular weight excluding hydrogens is 265 g/mol. The van der Waals surface area contributed by atoms with Crippen LogP contribution in [0.1, 0.15) is 6.42 Å². The third kappa shape index (κ3) is 3.67. The molecule has 0 fully saturated rings. The summed E-state index contributed by atoms with van der Waals surface area (Å²) >= 11 is 0. The minimum atomic E-state index is -4.06. The quantitative estimate of drug-likeness (QED) is 0.793. The highest BCUT2D eigenvalue weighted by atomic mass is 32.2. The highest BCUT2D eigenvalue weighted by Crippen LogP contribution is 2.19. The molecule has 0 aliphatic rings. The molecule has 1 aromatic carbocycles. The van der Waals surface area contributed by atoms with E-state index < -0.39 is 26.7 Å². The number of methoxy groups -OCH3 is 1. The lowest BCUT2D eigenvalue weighted by atomic mass is 10.3. The normalized spacial score (nSPS) is 11.2. The van der Waals surface area contributed by atoms with Gasteiger partial charge in [-0.25, -0.2) is 17.5 Å². The Labute approximate surface area is 103 Å². The van der Waals surface area contributed by atoms with Crippen molar-refractivity contribution in [2.75, 3.05) is 13.7 Å². The molecule has 100 valence electrons. The average molecular weight is 277 g/mol. The molecule has 0 spiro atoms. The molecule has 18 heavy (non-hydrogen) atoms. The Morgan fingerprint density at radius 3 is 2.67 bits per heavy atom. The Morgan fingerprint density at radius 1 is 1.50 bits per heavy atom. The van der Waals surface area contributed by atoms with Crippen molar-refractivity contribution >= 4 is 16.0 Å². The number of hydrogen-bond donors (Lipinski definition) is 2. The molecule has 8 heteroatoms. The lowest BCUT2D eigenvalue weighted by Gasteiger charge is -2.07. The fourth-order valence-electron chi connectivity index (χ4n) is 1.20. The van der Waals surface area contributed by atoms with E-state index in [-0.39, 0.29) is 18.7 Å². The molecular formula is C10H12FNO5S. The molecule has 0 heterocycles. The number of benzene rings is 1. The van der Waals surface area contributed by atoms with Gasteiger partial charge in [0.15, 0.2) is 0 Å². The zero-order chi connectivity index (χ0) is 13.8. The van der Waals surface area contributed by atoms with Crippen molar-refractivity contribution in [1.82, 2.24) is 4.72 Å². The second-order valence-corrected chi connectivity index (χ2v) is 5.07.